The lowest BCUT2D eigenvalue weighted by Crippen LogP contribution is -2.18. The fraction of sp³-hybridized carbons (Fsp3) is 0.417. The van der Waals surface area contributed by atoms with Gasteiger partial charge in [0.25, 0.3) is 0 Å². The number of aliphatic imine (C=N–C) groups is 1. The molecule has 0 aliphatic carbocycles. The molecule has 15 heavy (non-hydrogen) atoms. The molecule has 0 fully saturated rings. The first kappa shape index (κ1) is 10.2. The maximum absolute atomic E-state index is 5.68. The summed E-state index contributed by atoms with van der Waals surface area (Å²) in [4.78, 5) is 4.37. The molecule has 1 aromatic carbocycles. The molecule has 3 heteroatoms. The normalized spacial score (nSPS) is 19.8. The molecule has 0 amide bonds. The van der Waals surface area contributed by atoms with Crippen LogP contribution >= 0.6 is 0 Å². The first-order chi connectivity index (χ1) is 7.38. The number of nitrogens with two attached hydrogens (primary N) is 1. The molecule has 1 aromatic rings. The number of hydrogen-bond acceptors (Lipinski definition) is 3. The van der Waals surface area contributed by atoms with E-state index in [9.17, 15) is 0 Å². The number of ether oxygens (including phenoxy) is 1. The van der Waals surface area contributed by atoms with Gasteiger partial charge in [-0.25, -0.2) is 0 Å². The highest BCUT2D eigenvalue weighted by Gasteiger charge is 2.18. The molecule has 0 radical (unpaired) electrons. The van der Waals surface area contributed by atoms with Crippen LogP contribution in [0.25, 0.3) is 0 Å². The van der Waals surface area contributed by atoms with E-state index in [1.807, 2.05) is 18.2 Å². The fourth-order valence-corrected chi connectivity index (χ4v) is 1.67. The van der Waals surface area contributed by atoms with Crippen molar-refractivity contribution in [1.29, 1.82) is 0 Å². The summed E-state index contributed by atoms with van der Waals surface area (Å²) in [6, 6.07) is 10.2. The Morgan fingerprint density at radius 1 is 1.33 bits per heavy atom. The van der Waals surface area contributed by atoms with Crippen molar-refractivity contribution < 1.29 is 4.74 Å². The molecule has 2 N–H and O–H groups in total. The molecule has 2 rings (SSSR count). The largest absolute Gasteiger partial charge is 0.475 e. The molecule has 0 saturated carbocycles. The average Bonchev–Trinajstić information content (AvgIpc) is 2.68. The van der Waals surface area contributed by atoms with Gasteiger partial charge in [0.05, 0.1) is 6.54 Å². The lowest BCUT2D eigenvalue weighted by atomic mass is 10.1. The van der Waals surface area contributed by atoms with Crippen molar-refractivity contribution in [3.05, 3.63) is 35.9 Å². The van der Waals surface area contributed by atoms with E-state index in [1.165, 1.54) is 5.56 Å². The fourth-order valence-electron chi connectivity index (χ4n) is 1.67. The lowest BCUT2D eigenvalue weighted by Gasteiger charge is -2.09. The topological polar surface area (TPSA) is 47.6 Å². The molecule has 0 aromatic heterocycles. The third-order valence-corrected chi connectivity index (χ3v) is 2.46. The third-order valence-electron chi connectivity index (χ3n) is 2.46. The number of hydrogen-bond donors (Lipinski definition) is 1. The quantitative estimate of drug-likeness (QED) is 0.805. The van der Waals surface area contributed by atoms with E-state index < -0.39 is 0 Å². The predicted molar refractivity (Wildman–Crippen MR) is 61.0 cm³/mol. The van der Waals surface area contributed by atoms with Crippen LogP contribution in [0.15, 0.2) is 35.3 Å². The van der Waals surface area contributed by atoms with Gasteiger partial charge in [-0.05, 0) is 18.5 Å². The van der Waals surface area contributed by atoms with E-state index in [2.05, 4.69) is 17.1 Å². The van der Waals surface area contributed by atoms with Crippen molar-refractivity contribution >= 4 is 5.90 Å². The summed E-state index contributed by atoms with van der Waals surface area (Å²) in [5.41, 5.74) is 6.72. The number of benzene rings is 1. The molecular formula is C12H16N2O. The SMILES string of the molecule is NCCC1CN=C(Cc2ccccc2)O1. The van der Waals surface area contributed by atoms with Crippen molar-refractivity contribution in [2.45, 2.75) is 18.9 Å². The molecule has 0 saturated heterocycles. The van der Waals surface area contributed by atoms with Gasteiger partial charge in [0.2, 0.25) is 0 Å². The first-order valence-electron chi connectivity index (χ1n) is 5.32. The summed E-state index contributed by atoms with van der Waals surface area (Å²) >= 11 is 0. The predicted octanol–water partition coefficient (Wildman–Crippen LogP) is 1.38. The highest BCUT2D eigenvalue weighted by atomic mass is 16.5. The van der Waals surface area contributed by atoms with Crippen LogP contribution in [0.4, 0.5) is 0 Å². The summed E-state index contributed by atoms with van der Waals surface area (Å²) in [7, 11) is 0. The summed E-state index contributed by atoms with van der Waals surface area (Å²) in [5, 5.41) is 0. The van der Waals surface area contributed by atoms with Crippen molar-refractivity contribution in [3.63, 3.8) is 0 Å². The van der Waals surface area contributed by atoms with E-state index in [-0.39, 0.29) is 6.10 Å². The van der Waals surface area contributed by atoms with Gasteiger partial charge in [-0.15, -0.1) is 0 Å². The zero-order chi connectivity index (χ0) is 10.5. The summed E-state index contributed by atoms with van der Waals surface area (Å²) < 4.78 is 5.68. The second-order valence-electron chi connectivity index (χ2n) is 3.71. The minimum atomic E-state index is 0.203. The van der Waals surface area contributed by atoms with Gasteiger partial charge in [-0.2, -0.15) is 0 Å². The van der Waals surface area contributed by atoms with Crippen molar-refractivity contribution in [2.75, 3.05) is 13.1 Å². The minimum Gasteiger partial charge on any atom is -0.475 e. The van der Waals surface area contributed by atoms with Gasteiger partial charge in [0.1, 0.15) is 6.10 Å². The van der Waals surface area contributed by atoms with E-state index >= 15 is 0 Å². The van der Waals surface area contributed by atoms with E-state index in [1.54, 1.807) is 0 Å². The molecular weight excluding hydrogens is 188 g/mol. The smallest absolute Gasteiger partial charge is 0.188 e. The van der Waals surface area contributed by atoms with Crippen LogP contribution in [0, 0.1) is 0 Å². The van der Waals surface area contributed by atoms with Crippen LogP contribution in [0.3, 0.4) is 0 Å². The average molecular weight is 204 g/mol. The van der Waals surface area contributed by atoms with E-state index in [0.29, 0.717) is 6.54 Å². The second kappa shape index (κ2) is 4.94. The Morgan fingerprint density at radius 3 is 2.87 bits per heavy atom. The van der Waals surface area contributed by atoms with Gasteiger partial charge < -0.3 is 10.5 Å². The van der Waals surface area contributed by atoms with Crippen molar-refractivity contribution in [2.24, 2.45) is 10.7 Å². The van der Waals surface area contributed by atoms with Gasteiger partial charge in [0.15, 0.2) is 5.90 Å². The molecule has 1 heterocycles. The standard InChI is InChI=1S/C12H16N2O/c13-7-6-11-9-14-12(15-11)8-10-4-2-1-3-5-10/h1-5,11H,6-9,13H2. The molecule has 0 bridgehead atoms. The van der Waals surface area contributed by atoms with Gasteiger partial charge in [-0.3, -0.25) is 4.99 Å². The minimum absolute atomic E-state index is 0.203. The van der Waals surface area contributed by atoms with Crippen LogP contribution in [0.5, 0.6) is 0 Å². The van der Waals surface area contributed by atoms with Gasteiger partial charge in [0, 0.05) is 6.42 Å². The van der Waals surface area contributed by atoms with Crippen molar-refractivity contribution in [1.82, 2.24) is 0 Å². The summed E-state index contributed by atoms with van der Waals surface area (Å²) in [6.07, 6.45) is 1.89. The van der Waals surface area contributed by atoms with Crippen LogP contribution < -0.4 is 5.73 Å². The Balaban J connectivity index is 1.87. The monoisotopic (exact) mass is 204 g/mol. The first-order valence-corrected chi connectivity index (χ1v) is 5.32. The highest BCUT2D eigenvalue weighted by Crippen LogP contribution is 2.11. The Morgan fingerprint density at radius 2 is 2.13 bits per heavy atom. The third kappa shape index (κ3) is 2.80. The number of nitrogens with zero attached hydrogens (tertiary/aromatic N) is 1. The van der Waals surface area contributed by atoms with Crippen LogP contribution in [0.1, 0.15) is 12.0 Å². The zero-order valence-electron chi connectivity index (χ0n) is 8.73. The maximum atomic E-state index is 5.68. The molecule has 0 spiro atoms. The Labute approximate surface area is 90.0 Å². The second-order valence-corrected chi connectivity index (χ2v) is 3.71. The lowest BCUT2D eigenvalue weighted by molar-refractivity contribution is 0.212. The van der Waals surface area contributed by atoms with Gasteiger partial charge in [-0.1, -0.05) is 30.3 Å². The Bertz CT molecular complexity index is 335. The molecule has 1 unspecified atom stereocenters. The summed E-state index contributed by atoms with van der Waals surface area (Å²) in [6.45, 7) is 1.43. The summed E-state index contributed by atoms with van der Waals surface area (Å²) in [5.74, 6) is 0.847. The van der Waals surface area contributed by atoms with Crippen molar-refractivity contribution in [3.8, 4) is 0 Å². The van der Waals surface area contributed by atoms with Gasteiger partial charge >= 0.3 is 0 Å². The van der Waals surface area contributed by atoms with Crippen LogP contribution in [0.2, 0.25) is 0 Å². The molecule has 3 nitrogen and oxygen atoms in total. The van der Waals surface area contributed by atoms with Crippen LogP contribution in [-0.2, 0) is 11.2 Å². The molecule has 1 atom stereocenters. The molecule has 1 aliphatic rings. The highest BCUT2D eigenvalue weighted by molar-refractivity contribution is 5.80. The Hall–Kier alpha value is -1.35. The van der Waals surface area contributed by atoms with E-state index in [4.69, 9.17) is 10.5 Å². The van der Waals surface area contributed by atoms with Crippen LogP contribution in [-0.4, -0.2) is 25.1 Å². The number of rotatable bonds is 4. The molecule has 80 valence electrons. The zero-order valence-corrected chi connectivity index (χ0v) is 8.73. The molecule has 1 aliphatic heterocycles. The van der Waals surface area contributed by atoms with E-state index in [0.717, 1.165) is 25.3 Å². The maximum Gasteiger partial charge on any atom is 0.188 e. The Kier molecular flexibility index (Phi) is 3.35.